The summed E-state index contributed by atoms with van der Waals surface area (Å²) < 4.78 is 71.4. The number of rotatable bonds is 10. The summed E-state index contributed by atoms with van der Waals surface area (Å²) in [5, 5.41) is 7.50. The highest BCUT2D eigenvalue weighted by molar-refractivity contribution is 6.76. The van der Waals surface area contributed by atoms with E-state index in [-0.39, 0.29) is 36.7 Å². The fraction of sp³-hybridized carbons (Fsp3) is 0.538. The number of benzene rings is 1. The summed E-state index contributed by atoms with van der Waals surface area (Å²) in [5.41, 5.74) is 0.945. The molecule has 10 nitrogen and oxygen atoms in total. The fourth-order valence-electron chi connectivity index (χ4n) is 4.87. The van der Waals surface area contributed by atoms with Crippen LogP contribution >= 0.6 is 0 Å². The minimum atomic E-state index is -2.79. The topological polar surface area (TPSA) is 94.6 Å². The number of nitrogens with zero attached hydrogens (tertiary/aromatic N) is 7. The molecule has 4 aromatic rings. The fourth-order valence-corrected chi connectivity index (χ4v) is 5.63. The third-order valence-corrected chi connectivity index (χ3v) is 9.08. The van der Waals surface area contributed by atoms with Crippen molar-refractivity contribution in [2.75, 3.05) is 43.1 Å². The average Bonchev–Trinajstić information content (AvgIpc) is 3.24. The zero-order valence-electron chi connectivity index (χ0n) is 23.1. The maximum absolute atomic E-state index is 14.9. The third kappa shape index (κ3) is 5.62. The van der Waals surface area contributed by atoms with Gasteiger partial charge in [-0.3, -0.25) is 4.57 Å². The van der Waals surface area contributed by atoms with Gasteiger partial charge in [0.25, 0.3) is 5.92 Å². The van der Waals surface area contributed by atoms with Crippen molar-refractivity contribution >= 4 is 36.7 Å². The van der Waals surface area contributed by atoms with Gasteiger partial charge in [0.05, 0.1) is 37.4 Å². The molecule has 1 N–H and O–H groups in total. The molecule has 1 atom stereocenters. The molecule has 41 heavy (non-hydrogen) atoms. The molecule has 6 rings (SSSR count). The van der Waals surface area contributed by atoms with Gasteiger partial charge in [0.1, 0.15) is 18.1 Å². The van der Waals surface area contributed by atoms with Crippen molar-refractivity contribution in [2.24, 2.45) is 0 Å². The molecule has 220 valence electrons. The minimum Gasteiger partial charge on any atom is -0.378 e. The Morgan fingerprint density at radius 3 is 2.59 bits per heavy atom. The number of hydrogen-bond donors (Lipinski definition) is 1. The van der Waals surface area contributed by atoms with E-state index in [0.717, 1.165) is 12.1 Å². The van der Waals surface area contributed by atoms with Crippen molar-refractivity contribution in [1.29, 1.82) is 0 Å². The number of nitrogens with one attached hydrogen (secondary N) is 1. The SMILES string of the molecule is C[Si](C)(C)CCOCn1c(CNc2nc(N3CCOCC3)nc3c(C4CC4(F)F)cnn23)nc2ccc(F)c(F)c21. The van der Waals surface area contributed by atoms with E-state index in [1.54, 1.807) is 0 Å². The van der Waals surface area contributed by atoms with E-state index in [1.807, 2.05) is 4.90 Å². The number of ether oxygens (including phenoxy) is 2. The maximum Gasteiger partial charge on any atom is 0.256 e. The van der Waals surface area contributed by atoms with Gasteiger partial charge in [0, 0.05) is 39.8 Å². The average molecular weight is 593 g/mol. The van der Waals surface area contributed by atoms with E-state index in [9.17, 15) is 17.6 Å². The molecule has 1 aliphatic heterocycles. The Morgan fingerprint density at radius 2 is 1.88 bits per heavy atom. The van der Waals surface area contributed by atoms with E-state index in [4.69, 9.17) is 9.47 Å². The number of morpholine rings is 1. The summed E-state index contributed by atoms with van der Waals surface area (Å²) >= 11 is 0. The lowest BCUT2D eigenvalue weighted by Gasteiger charge is -2.27. The molecule has 0 radical (unpaired) electrons. The van der Waals surface area contributed by atoms with Crippen LogP contribution in [-0.2, 0) is 22.7 Å². The minimum absolute atomic E-state index is 0.00832. The van der Waals surface area contributed by atoms with Crippen LogP contribution < -0.4 is 10.2 Å². The van der Waals surface area contributed by atoms with Crippen molar-refractivity contribution in [3.8, 4) is 0 Å². The Labute approximate surface area is 234 Å². The standard InChI is InChI=1S/C26H32F4N8O2Si/c1-41(2,3)11-10-40-15-37-20(33-19-5-4-18(27)21(28)22(19)37)14-31-24-35-25(36-6-8-39-9-7-36)34-23-16(13-32-38(23)24)17-12-26(17,29)30/h4-5,13,17H,6-12,14-15H2,1-3H3,(H,31,34,35). The molecule has 15 heteroatoms. The largest absolute Gasteiger partial charge is 0.378 e. The van der Waals surface area contributed by atoms with Crippen molar-refractivity contribution in [1.82, 2.24) is 29.1 Å². The Morgan fingerprint density at radius 1 is 1.12 bits per heavy atom. The number of fused-ring (bicyclic) bond motifs is 2. The third-order valence-electron chi connectivity index (χ3n) is 7.38. The van der Waals surface area contributed by atoms with Crippen molar-refractivity contribution in [3.63, 3.8) is 0 Å². The highest BCUT2D eigenvalue weighted by Gasteiger charge is 2.59. The highest BCUT2D eigenvalue weighted by Crippen LogP contribution is 2.56. The lowest BCUT2D eigenvalue weighted by atomic mass is 10.2. The van der Waals surface area contributed by atoms with Crippen LogP contribution in [-0.4, -0.2) is 76.0 Å². The van der Waals surface area contributed by atoms with Gasteiger partial charge in [-0.15, -0.1) is 0 Å². The molecule has 0 amide bonds. The molecule has 2 fully saturated rings. The molecule has 1 saturated carbocycles. The van der Waals surface area contributed by atoms with E-state index in [0.29, 0.717) is 55.9 Å². The van der Waals surface area contributed by atoms with Crippen LogP contribution in [0, 0.1) is 11.6 Å². The quantitative estimate of drug-likeness (QED) is 0.162. The molecule has 1 unspecified atom stereocenters. The summed E-state index contributed by atoms with van der Waals surface area (Å²) in [4.78, 5) is 15.7. The summed E-state index contributed by atoms with van der Waals surface area (Å²) in [6, 6.07) is 3.37. The van der Waals surface area contributed by atoms with Crippen LogP contribution in [0.4, 0.5) is 29.5 Å². The molecule has 1 saturated heterocycles. The first-order valence-corrected chi connectivity index (χ1v) is 17.3. The van der Waals surface area contributed by atoms with Gasteiger partial charge in [-0.1, -0.05) is 19.6 Å². The second kappa shape index (κ2) is 10.5. The summed E-state index contributed by atoms with van der Waals surface area (Å²) in [6.07, 6.45) is 1.15. The van der Waals surface area contributed by atoms with Crippen LogP contribution in [0.2, 0.25) is 25.7 Å². The number of anilines is 2. The predicted molar refractivity (Wildman–Crippen MR) is 147 cm³/mol. The second-order valence-corrected chi connectivity index (χ2v) is 17.3. The Bertz CT molecular complexity index is 1580. The lowest BCUT2D eigenvalue weighted by Crippen LogP contribution is -2.37. The summed E-state index contributed by atoms with van der Waals surface area (Å²) in [7, 11) is -1.36. The van der Waals surface area contributed by atoms with Gasteiger partial charge < -0.3 is 19.7 Å². The zero-order chi connectivity index (χ0) is 28.9. The van der Waals surface area contributed by atoms with Crippen LogP contribution in [0.5, 0.6) is 0 Å². The van der Waals surface area contributed by atoms with Gasteiger partial charge >= 0.3 is 0 Å². The first-order valence-electron chi connectivity index (χ1n) is 13.6. The number of aromatic nitrogens is 6. The van der Waals surface area contributed by atoms with Gasteiger partial charge in [-0.2, -0.15) is 19.6 Å². The molecule has 0 spiro atoms. The summed E-state index contributed by atoms with van der Waals surface area (Å²) in [5.74, 6) is -4.71. The molecule has 1 aromatic carbocycles. The van der Waals surface area contributed by atoms with Gasteiger partial charge in [-0.25, -0.2) is 22.5 Å². The molecule has 0 bridgehead atoms. The van der Waals surface area contributed by atoms with E-state index >= 15 is 0 Å². The Balaban J connectivity index is 1.33. The van der Waals surface area contributed by atoms with Crippen LogP contribution in [0.1, 0.15) is 23.7 Å². The van der Waals surface area contributed by atoms with Crippen molar-refractivity contribution in [3.05, 3.63) is 41.4 Å². The van der Waals surface area contributed by atoms with Crippen molar-refractivity contribution in [2.45, 2.75) is 57.2 Å². The molecular weight excluding hydrogens is 560 g/mol. The van der Waals surface area contributed by atoms with E-state index < -0.39 is 31.5 Å². The second-order valence-electron chi connectivity index (χ2n) is 11.7. The smallest absolute Gasteiger partial charge is 0.256 e. The highest BCUT2D eigenvalue weighted by atomic mass is 28.3. The zero-order valence-corrected chi connectivity index (χ0v) is 24.1. The van der Waals surface area contributed by atoms with Gasteiger partial charge in [-0.05, 0) is 18.2 Å². The first kappa shape index (κ1) is 27.8. The molecule has 1 aliphatic carbocycles. The number of imidazole rings is 1. The first-order chi connectivity index (χ1) is 19.5. The predicted octanol–water partition coefficient (Wildman–Crippen LogP) is 4.64. The van der Waals surface area contributed by atoms with Crippen LogP contribution in [0.15, 0.2) is 18.3 Å². The number of hydrogen-bond acceptors (Lipinski definition) is 8. The lowest BCUT2D eigenvalue weighted by molar-refractivity contribution is 0.0876. The molecule has 2 aliphatic rings. The van der Waals surface area contributed by atoms with E-state index in [2.05, 4.69) is 45.0 Å². The monoisotopic (exact) mass is 592 g/mol. The number of halogens is 4. The molecule has 3 aromatic heterocycles. The van der Waals surface area contributed by atoms with Crippen LogP contribution in [0.25, 0.3) is 16.7 Å². The normalized spacial score (nSPS) is 18.9. The molecule has 4 heterocycles. The van der Waals surface area contributed by atoms with Crippen molar-refractivity contribution < 1.29 is 27.0 Å². The van der Waals surface area contributed by atoms with E-state index in [1.165, 1.54) is 21.3 Å². The molecular formula is C26H32F4N8O2Si. The maximum atomic E-state index is 14.9. The van der Waals surface area contributed by atoms with Gasteiger partial charge in [0.15, 0.2) is 17.3 Å². The summed E-state index contributed by atoms with van der Waals surface area (Å²) in [6.45, 7) is 9.29. The Hall–Kier alpha value is -3.30. The van der Waals surface area contributed by atoms with Gasteiger partial charge in [0.2, 0.25) is 11.9 Å². The Kier molecular flexibility index (Phi) is 7.14. The number of alkyl halides is 2. The van der Waals surface area contributed by atoms with Crippen LogP contribution in [0.3, 0.4) is 0 Å².